The lowest BCUT2D eigenvalue weighted by atomic mass is 10.1. The summed E-state index contributed by atoms with van der Waals surface area (Å²) in [6, 6.07) is 10.7. The molecule has 6 nitrogen and oxygen atoms in total. The Morgan fingerprint density at radius 3 is 2.79 bits per heavy atom. The number of hydrogen-bond acceptors (Lipinski definition) is 6. The molecule has 0 fully saturated rings. The van der Waals surface area contributed by atoms with E-state index < -0.39 is 10.0 Å². The van der Waals surface area contributed by atoms with E-state index >= 15 is 0 Å². The van der Waals surface area contributed by atoms with Gasteiger partial charge in [-0.3, -0.25) is 0 Å². The van der Waals surface area contributed by atoms with Crippen molar-refractivity contribution >= 4 is 33.0 Å². The first-order valence-corrected chi connectivity index (χ1v) is 9.76. The van der Waals surface area contributed by atoms with Gasteiger partial charge in [0.05, 0.1) is 4.34 Å². The molecule has 126 valence electrons. The average Bonchev–Trinajstić information content (AvgIpc) is 3.16. The summed E-state index contributed by atoms with van der Waals surface area (Å²) < 4.78 is 32.8. The molecule has 24 heavy (non-hydrogen) atoms. The van der Waals surface area contributed by atoms with E-state index in [1.807, 2.05) is 31.2 Å². The third-order valence-corrected chi connectivity index (χ3v) is 6.36. The van der Waals surface area contributed by atoms with E-state index in [4.69, 9.17) is 16.0 Å². The molecule has 0 radical (unpaired) electrons. The fourth-order valence-corrected chi connectivity index (χ4v) is 4.61. The van der Waals surface area contributed by atoms with Crippen molar-refractivity contribution in [2.45, 2.75) is 17.6 Å². The fourth-order valence-electron chi connectivity index (χ4n) is 2.05. The number of benzene rings is 1. The summed E-state index contributed by atoms with van der Waals surface area (Å²) >= 11 is 6.77. The van der Waals surface area contributed by atoms with Crippen molar-refractivity contribution in [3.63, 3.8) is 0 Å². The second-order valence-electron chi connectivity index (χ2n) is 5.08. The third-order valence-electron chi connectivity index (χ3n) is 3.18. The van der Waals surface area contributed by atoms with Crippen LogP contribution in [0.25, 0.3) is 11.5 Å². The van der Waals surface area contributed by atoms with E-state index in [1.165, 1.54) is 6.07 Å². The number of nitrogens with one attached hydrogen (secondary N) is 1. The predicted molar refractivity (Wildman–Crippen MR) is 92.7 cm³/mol. The molecule has 0 saturated carbocycles. The number of nitrogens with zero attached hydrogens (tertiary/aromatic N) is 2. The monoisotopic (exact) mass is 383 g/mol. The topological polar surface area (TPSA) is 85.1 Å². The highest BCUT2D eigenvalue weighted by Crippen LogP contribution is 2.25. The second kappa shape index (κ2) is 7.02. The highest BCUT2D eigenvalue weighted by atomic mass is 35.5. The van der Waals surface area contributed by atoms with Gasteiger partial charge in [0.2, 0.25) is 21.8 Å². The Morgan fingerprint density at radius 2 is 2.08 bits per heavy atom. The summed E-state index contributed by atoms with van der Waals surface area (Å²) in [5, 5.41) is 7.94. The van der Waals surface area contributed by atoms with Crippen molar-refractivity contribution in [2.75, 3.05) is 6.54 Å². The average molecular weight is 384 g/mol. The number of aromatic nitrogens is 2. The molecular formula is C15H14ClN3O3S2. The first kappa shape index (κ1) is 17.1. The second-order valence-corrected chi connectivity index (χ2v) is 8.79. The highest BCUT2D eigenvalue weighted by Gasteiger charge is 2.17. The van der Waals surface area contributed by atoms with Gasteiger partial charge in [-0.05, 0) is 31.2 Å². The molecule has 0 aliphatic heterocycles. The van der Waals surface area contributed by atoms with Crippen molar-refractivity contribution in [3.8, 4) is 11.5 Å². The van der Waals surface area contributed by atoms with Crippen LogP contribution in [-0.2, 0) is 16.4 Å². The molecular weight excluding hydrogens is 370 g/mol. The molecule has 1 N–H and O–H groups in total. The molecule has 0 aliphatic rings. The van der Waals surface area contributed by atoms with Gasteiger partial charge in [0.1, 0.15) is 4.21 Å². The summed E-state index contributed by atoms with van der Waals surface area (Å²) in [5.74, 6) is 0.792. The predicted octanol–water partition coefficient (Wildman–Crippen LogP) is 3.28. The van der Waals surface area contributed by atoms with E-state index in [1.54, 1.807) is 6.07 Å². The maximum atomic E-state index is 12.1. The molecule has 2 aromatic heterocycles. The molecule has 0 spiro atoms. The number of hydrogen-bond donors (Lipinski definition) is 1. The van der Waals surface area contributed by atoms with Gasteiger partial charge in [0.15, 0.2) is 0 Å². The van der Waals surface area contributed by atoms with Crippen LogP contribution < -0.4 is 4.72 Å². The lowest BCUT2D eigenvalue weighted by molar-refractivity contribution is 0.502. The van der Waals surface area contributed by atoms with Crippen molar-refractivity contribution in [1.82, 2.24) is 14.9 Å². The number of sulfonamides is 1. The Bertz CT molecular complexity index is 950. The largest absolute Gasteiger partial charge is 0.421 e. The Morgan fingerprint density at radius 1 is 1.25 bits per heavy atom. The molecule has 0 saturated heterocycles. The summed E-state index contributed by atoms with van der Waals surface area (Å²) in [7, 11) is -3.57. The standard InChI is InChI=1S/C15H14ClN3O3S2/c1-10-3-2-4-11(9-10)15-19-18-13(22-15)7-8-17-24(20,21)14-6-5-12(16)23-14/h2-6,9,17H,7-8H2,1H3. The van der Waals surface area contributed by atoms with Crippen LogP contribution in [0.4, 0.5) is 0 Å². The van der Waals surface area contributed by atoms with Crippen molar-refractivity contribution in [2.24, 2.45) is 0 Å². The van der Waals surface area contributed by atoms with Crippen LogP contribution in [0.2, 0.25) is 4.34 Å². The van der Waals surface area contributed by atoms with Crippen LogP contribution in [0.15, 0.2) is 45.0 Å². The Balaban J connectivity index is 1.62. The zero-order chi connectivity index (χ0) is 17.2. The molecule has 0 aliphatic carbocycles. The maximum absolute atomic E-state index is 12.1. The van der Waals surface area contributed by atoms with Crippen molar-refractivity contribution < 1.29 is 12.8 Å². The van der Waals surface area contributed by atoms with Crippen LogP contribution in [0, 0.1) is 6.92 Å². The first-order valence-electron chi connectivity index (χ1n) is 7.08. The molecule has 0 atom stereocenters. The van der Waals surface area contributed by atoms with Crippen molar-refractivity contribution in [3.05, 3.63) is 52.2 Å². The van der Waals surface area contributed by atoms with E-state index in [-0.39, 0.29) is 10.8 Å². The number of aryl methyl sites for hydroxylation is 1. The SMILES string of the molecule is Cc1cccc(-c2nnc(CCNS(=O)(=O)c3ccc(Cl)s3)o2)c1. The molecule has 9 heteroatoms. The van der Waals surface area contributed by atoms with Gasteiger partial charge in [-0.25, -0.2) is 13.1 Å². The molecule has 0 unspecified atom stereocenters. The summed E-state index contributed by atoms with van der Waals surface area (Å²) in [6.07, 6.45) is 0.303. The molecule has 1 aromatic carbocycles. The van der Waals surface area contributed by atoms with Gasteiger partial charge < -0.3 is 4.42 Å². The minimum Gasteiger partial charge on any atom is -0.421 e. The van der Waals surface area contributed by atoms with E-state index in [0.717, 1.165) is 22.5 Å². The smallest absolute Gasteiger partial charge is 0.250 e. The quantitative estimate of drug-likeness (QED) is 0.706. The zero-order valence-electron chi connectivity index (χ0n) is 12.7. The van der Waals surface area contributed by atoms with Gasteiger partial charge in [-0.2, -0.15) is 0 Å². The van der Waals surface area contributed by atoms with Crippen LogP contribution in [0.3, 0.4) is 0 Å². The number of thiophene rings is 1. The van der Waals surface area contributed by atoms with Gasteiger partial charge in [-0.1, -0.05) is 29.3 Å². The number of rotatable bonds is 6. The molecule has 2 heterocycles. The summed E-state index contributed by atoms with van der Waals surface area (Å²) in [5.41, 5.74) is 1.93. The molecule has 3 aromatic rings. The van der Waals surface area contributed by atoms with Gasteiger partial charge >= 0.3 is 0 Å². The number of halogens is 1. The summed E-state index contributed by atoms with van der Waals surface area (Å²) in [4.78, 5) is 0. The van der Waals surface area contributed by atoms with Gasteiger partial charge in [0.25, 0.3) is 0 Å². The van der Waals surface area contributed by atoms with Crippen LogP contribution in [-0.4, -0.2) is 25.2 Å². The minimum atomic E-state index is -3.57. The van der Waals surface area contributed by atoms with Crippen LogP contribution >= 0.6 is 22.9 Å². The minimum absolute atomic E-state index is 0.160. The Labute approximate surface area is 148 Å². The van der Waals surface area contributed by atoms with E-state index in [0.29, 0.717) is 22.5 Å². The normalized spacial score (nSPS) is 11.8. The first-order chi connectivity index (χ1) is 11.4. The fraction of sp³-hybridized carbons (Fsp3) is 0.200. The van der Waals surface area contributed by atoms with E-state index in [2.05, 4.69) is 14.9 Å². The lowest BCUT2D eigenvalue weighted by Gasteiger charge is -2.02. The van der Waals surface area contributed by atoms with Crippen LogP contribution in [0.1, 0.15) is 11.5 Å². The molecule has 0 amide bonds. The van der Waals surface area contributed by atoms with E-state index in [9.17, 15) is 8.42 Å². The Hall–Kier alpha value is -1.74. The van der Waals surface area contributed by atoms with Gasteiger partial charge in [-0.15, -0.1) is 21.5 Å². The van der Waals surface area contributed by atoms with Gasteiger partial charge in [0, 0.05) is 18.5 Å². The lowest BCUT2D eigenvalue weighted by Crippen LogP contribution is -2.25. The molecule has 0 bridgehead atoms. The van der Waals surface area contributed by atoms with Crippen LogP contribution in [0.5, 0.6) is 0 Å². The highest BCUT2D eigenvalue weighted by molar-refractivity contribution is 7.91. The maximum Gasteiger partial charge on any atom is 0.250 e. The Kier molecular flexibility index (Phi) is 5.00. The third kappa shape index (κ3) is 4.02. The van der Waals surface area contributed by atoms with Crippen molar-refractivity contribution in [1.29, 1.82) is 0 Å². The summed E-state index contributed by atoms with van der Waals surface area (Å²) in [6.45, 7) is 2.14. The zero-order valence-corrected chi connectivity index (χ0v) is 15.1. The molecule has 3 rings (SSSR count).